The molecule has 0 bridgehead atoms. The largest absolute Gasteiger partial charge is 0.391 e. The third kappa shape index (κ3) is 0.992. The Morgan fingerprint density at radius 1 is 1.62 bits per heavy atom. The molecule has 3 nitrogen and oxygen atoms in total. The quantitative estimate of drug-likeness (QED) is 0.487. The zero-order valence-electron chi connectivity index (χ0n) is 4.63. The molecule has 48 valence electrons. The Hall–Kier alpha value is -0.120. The van der Waals surface area contributed by atoms with Gasteiger partial charge in [-0.05, 0) is 6.42 Å². The molecule has 0 aliphatic carbocycles. The van der Waals surface area contributed by atoms with Gasteiger partial charge in [0.05, 0.1) is 13.2 Å². The van der Waals surface area contributed by atoms with Crippen LogP contribution in [0, 0.1) is 0 Å². The van der Waals surface area contributed by atoms with Crippen LogP contribution in [-0.2, 0) is 4.74 Å². The molecule has 1 rings (SSSR count). The Labute approximate surface area is 47.9 Å². The highest BCUT2D eigenvalue weighted by atomic mass is 16.6. The monoisotopic (exact) mass is 118 g/mol. The first-order chi connectivity index (χ1) is 3.77. The Bertz CT molecular complexity index is 75.7. The Morgan fingerprint density at radius 2 is 2.38 bits per heavy atom. The van der Waals surface area contributed by atoms with E-state index < -0.39 is 5.79 Å². The Balaban J connectivity index is 2.40. The summed E-state index contributed by atoms with van der Waals surface area (Å²) in [6.07, 6.45) is 1.40. The summed E-state index contributed by atoms with van der Waals surface area (Å²) in [6, 6.07) is 0. The fourth-order valence-electron chi connectivity index (χ4n) is 0.807. The van der Waals surface area contributed by atoms with Crippen LogP contribution in [0.1, 0.15) is 12.8 Å². The standard InChI is InChI=1S/C5H10O3/c6-4-5(7)2-1-3-8-5/h6-7H,1-4H2. The minimum Gasteiger partial charge on any atom is -0.391 e. The summed E-state index contributed by atoms with van der Waals surface area (Å²) in [5.41, 5.74) is 0. The summed E-state index contributed by atoms with van der Waals surface area (Å²) < 4.78 is 4.80. The van der Waals surface area contributed by atoms with Crippen LogP contribution in [0.25, 0.3) is 0 Å². The highest BCUT2D eigenvalue weighted by molar-refractivity contribution is 4.70. The lowest BCUT2D eigenvalue weighted by Gasteiger charge is -2.16. The third-order valence-corrected chi connectivity index (χ3v) is 1.33. The first-order valence-electron chi connectivity index (χ1n) is 2.74. The zero-order chi connectivity index (χ0) is 6.04. The first-order valence-corrected chi connectivity index (χ1v) is 2.74. The van der Waals surface area contributed by atoms with Gasteiger partial charge in [-0.1, -0.05) is 0 Å². The summed E-state index contributed by atoms with van der Waals surface area (Å²) in [4.78, 5) is 0. The molecule has 1 aliphatic rings. The number of aliphatic hydroxyl groups is 2. The lowest BCUT2D eigenvalue weighted by molar-refractivity contribution is -0.193. The van der Waals surface area contributed by atoms with Crippen molar-refractivity contribution in [3.8, 4) is 0 Å². The van der Waals surface area contributed by atoms with Gasteiger partial charge in [0.2, 0.25) is 0 Å². The van der Waals surface area contributed by atoms with Gasteiger partial charge in [-0.3, -0.25) is 0 Å². The number of hydrogen-bond donors (Lipinski definition) is 2. The highest BCUT2D eigenvalue weighted by Crippen LogP contribution is 2.20. The molecule has 1 fully saturated rings. The predicted octanol–water partition coefficient (Wildman–Crippen LogP) is -0.522. The van der Waals surface area contributed by atoms with Crippen molar-refractivity contribution in [2.75, 3.05) is 13.2 Å². The smallest absolute Gasteiger partial charge is 0.189 e. The molecule has 3 heteroatoms. The third-order valence-electron chi connectivity index (χ3n) is 1.33. The van der Waals surface area contributed by atoms with Crippen LogP contribution >= 0.6 is 0 Å². The molecule has 0 spiro atoms. The summed E-state index contributed by atoms with van der Waals surface area (Å²) in [5, 5.41) is 17.5. The van der Waals surface area contributed by atoms with Gasteiger partial charge in [-0.25, -0.2) is 0 Å². The minimum absolute atomic E-state index is 0.285. The van der Waals surface area contributed by atoms with Crippen LogP contribution in [0.5, 0.6) is 0 Å². The zero-order valence-corrected chi connectivity index (χ0v) is 4.63. The van der Waals surface area contributed by atoms with Crippen LogP contribution in [0.2, 0.25) is 0 Å². The molecule has 1 unspecified atom stereocenters. The van der Waals surface area contributed by atoms with Crippen LogP contribution in [-0.4, -0.2) is 29.2 Å². The van der Waals surface area contributed by atoms with Crippen LogP contribution < -0.4 is 0 Å². The molecular formula is C5H10O3. The van der Waals surface area contributed by atoms with Gasteiger partial charge in [0.1, 0.15) is 0 Å². The van der Waals surface area contributed by atoms with Crippen molar-refractivity contribution < 1.29 is 14.9 Å². The van der Waals surface area contributed by atoms with E-state index in [2.05, 4.69) is 0 Å². The second kappa shape index (κ2) is 2.01. The van der Waals surface area contributed by atoms with Crippen molar-refractivity contribution in [2.24, 2.45) is 0 Å². The fourth-order valence-corrected chi connectivity index (χ4v) is 0.807. The van der Waals surface area contributed by atoms with Crippen molar-refractivity contribution in [1.29, 1.82) is 0 Å². The van der Waals surface area contributed by atoms with Gasteiger partial charge in [0.15, 0.2) is 5.79 Å². The van der Waals surface area contributed by atoms with Gasteiger partial charge < -0.3 is 14.9 Å². The van der Waals surface area contributed by atoms with Gasteiger partial charge >= 0.3 is 0 Å². The van der Waals surface area contributed by atoms with Gasteiger partial charge in [0, 0.05) is 6.42 Å². The van der Waals surface area contributed by atoms with Crippen LogP contribution in [0.15, 0.2) is 0 Å². The van der Waals surface area contributed by atoms with E-state index in [-0.39, 0.29) is 6.61 Å². The molecule has 0 saturated carbocycles. The molecule has 0 radical (unpaired) electrons. The molecule has 1 saturated heterocycles. The minimum atomic E-state index is -1.21. The van der Waals surface area contributed by atoms with Gasteiger partial charge in [-0.15, -0.1) is 0 Å². The SMILES string of the molecule is OCC1(O)CCCO1. The van der Waals surface area contributed by atoms with E-state index >= 15 is 0 Å². The summed E-state index contributed by atoms with van der Waals surface area (Å²) in [7, 11) is 0. The predicted molar refractivity (Wildman–Crippen MR) is 27.2 cm³/mol. The summed E-state index contributed by atoms with van der Waals surface area (Å²) in [5.74, 6) is -1.21. The van der Waals surface area contributed by atoms with Crippen molar-refractivity contribution in [3.05, 3.63) is 0 Å². The first kappa shape index (κ1) is 6.01. The topological polar surface area (TPSA) is 49.7 Å². The van der Waals surface area contributed by atoms with Crippen molar-refractivity contribution >= 4 is 0 Å². The lowest BCUT2D eigenvalue weighted by Crippen LogP contribution is -2.31. The molecule has 0 aromatic heterocycles. The fraction of sp³-hybridized carbons (Fsp3) is 1.00. The number of aliphatic hydroxyl groups excluding tert-OH is 1. The molecular weight excluding hydrogens is 108 g/mol. The van der Waals surface area contributed by atoms with Crippen LogP contribution in [0.3, 0.4) is 0 Å². The van der Waals surface area contributed by atoms with E-state index in [0.29, 0.717) is 13.0 Å². The average Bonchev–Trinajstić information content (AvgIpc) is 2.17. The maximum Gasteiger partial charge on any atom is 0.189 e. The highest BCUT2D eigenvalue weighted by Gasteiger charge is 2.30. The number of hydrogen-bond acceptors (Lipinski definition) is 3. The van der Waals surface area contributed by atoms with E-state index in [1.165, 1.54) is 0 Å². The van der Waals surface area contributed by atoms with E-state index in [9.17, 15) is 0 Å². The Kier molecular flexibility index (Phi) is 1.51. The molecule has 0 aromatic rings. The van der Waals surface area contributed by atoms with Crippen molar-refractivity contribution in [2.45, 2.75) is 18.6 Å². The lowest BCUT2D eigenvalue weighted by atomic mass is 10.2. The van der Waals surface area contributed by atoms with Gasteiger partial charge in [-0.2, -0.15) is 0 Å². The molecule has 1 atom stereocenters. The molecule has 0 amide bonds. The van der Waals surface area contributed by atoms with E-state index in [4.69, 9.17) is 14.9 Å². The maximum atomic E-state index is 9.03. The number of ether oxygens (including phenoxy) is 1. The second-order valence-corrected chi connectivity index (χ2v) is 2.06. The van der Waals surface area contributed by atoms with Crippen molar-refractivity contribution in [3.63, 3.8) is 0 Å². The Morgan fingerprint density at radius 3 is 2.62 bits per heavy atom. The van der Waals surface area contributed by atoms with Crippen LogP contribution in [0.4, 0.5) is 0 Å². The van der Waals surface area contributed by atoms with E-state index in [1.807, 2.05) is 0 Å². The average molecular weight is 118 g/mol. The van der Waals surface area contributed by atoms with E-state index in [0.717, 1.165) is 6.42 Å². The normalized spacial score (nSPS) is 38.2. The van der Waals surface area contributed by atoms with Crippen molar-refractivity contribution in [1.82, 2.24) is 0 Å². The van der Waals surface area contributed by atoms with E-state index in [1.54, 1.807) is 0 Å². The molecule has 1 heterocycles. The second-order valence-electron chi connectivity index (χ2n) is 2.06. The summed E-state index contributed by atoms with van der Waals surface area (Å²) in [6.45, 7) is 0.282. The molecule has 8 heavy (non-hydrogen) atoms. The molecule has 2 N–H and O–H groups in total. The summed E-state index contributed by atoms with van der Waals surface area (Å²) >= 11 is 0. The molecule has 0 aromatic carbocycles. The molecule has 1 aliphatic heterocycles. The maximum absolute atomic E-state index is 9.03. The van der Waals surface area contributed by atoms with Gasteiger partial charge in [0.25, 0.3) is 0 Å². The number of rotatable bonds is 1.